The molecule has 0 unspecified atom stereocenters. The zero-order valence-electron chi connectivity index (χ0n) is 6.94. The zero-order chi connectivity index (χ0) is 8.97. The molecule has 0 saturated heterocycles. The lowest BCUT2D eigenvalue weighted by Crippen LogP contribution is -2.12. The van der Waals surface area contributed by atoms with Crippen LogP contribution in [0, 0.1) is 0 Å². The summed E-state index contributed by atoms with van der Waals surface area (Å²) < 4.78 is 0.679. The Bertz CT molecular complexity index is 299. The maximum atomic E-state index is 10.2. The van der Waals surface area contributed by atoms with Crippen molar-refractivity contribution in [1.82, 2.24) is 4.98 Å². The predicted molar refractivity (Wildman–Crippen MR) is 62.6 cm³/mol. The summed E-state index contributed by atoms with van der Waals surface area (Å²) in [5.74, 6) is -0.358. The Hall–Kier alpha value is -0.520. The minimum atomic E-state index is -0.906. The second-order valence-electron chi connectivity index (χ2n) is 2.09. The fourth-order valence-corrected chi connectivity index (χ4v) is 1.02. The minimum absolute atomic E-state index is 0. The molecule has 0 atom stereocenters. The third-order valence-corrected chi connectivity index (χ3v) is 1.58. The largest absolute Gasteiger partial charge is 0.480 e. The zero-order valence-corrected chi connectivity index (χ0v) is 10.2. The lowest BCUT2D eigenvalue weighted by molar-refractivity contribution is -0.134. The molecule has 0 aliphatic heterocycles. The summed E-state index contributed by atoms with van der Waals surface area (Å²) in [5, 5.41) is 11.0. The van der Waals surface area contributed by atoms with Crippen LogP contribution in [0.15, 0.2) is 22.8 Å². The molecule has 0 aliphatic carbocycles. The molecule has 0 amide bonds. The molecule has 2 N–H and O–H groups in total. The van der Waals surface area contributed by atoms with E-state index in [9.17, 15) is 4.79 Å². The number of rotatable bonds is 3. The van der Waals surface area contributed by atoms with Gasteiger partial charge in [0.1, 0.15) is 17.0 Å². The average Bonchev–Trinajstić information content (AvgIpc) is 2.01. The standard InChI is InChI=1S/C7H7BrN2O2.2ClH/c8-5-2-1-3-6(10-5)9-4-7(11)12;;/h1-3H,4H2,(H,9,10)(H,11,12);2*1H. The van der Waals surface area contributed by atoms with Gasteiger partial charge in [-0.2, -0.15) is 0 Å². The van der Waals surface area contributed by atoms with E-state index in [0.29, 0.717) is 10.4 Å². The van der Waals surface area contributed by atoms with Gasteiger partial charge < -0.3 is 10.4 Å². The first-order chi connectivity index (χ1) is 5.68. The van der Waals surface area contributed by atoms with E-state index >= 15 is 0 Å². The van der Waals surface area contributed by atoms with E-state index in [0.717, 1.165) is 0 Å². The van der Waals surface area contributed by atoms with E-state index in [-0.39, 0.29) is 31.4 Å². The van der Waals surface area contributed by atoms with Gasteiger partial charge in [0.25, 0.3) is 0 Å². The first-order valence-electron chi connectivity index (χ1n) is 3.27. The Kier molecular flexibility index (Phi) is 8.93. The van der Waals surface area contributed by atoms with Crippen molar-refractivity contribution in [3.8, 4) is 0 Å². The van der Waals surface area contributed by atoms with Crippen molar-refractivity contribution in [2.24, 2.45) is 0 Å². The van der Waals surface area contributed by atoms with Gasteiger partial charge >= 0.3 is 5.97 Å². The molecule has 14 heavy (non-hydrogen) atoms. The summed E-state index contributed by atoms with van der Waals surface area (Å²) in [6.45, 7) is -0.122. The maximum Gasteiger partial charge on any atom is 0.322 e. The van der Waals surface area contributed by atoms with Crippen molar-refractivity contribution in [2.75, 3.05) is 11.9 Å². The third kappa shape index (κ3) is 6.01. The molecule has 0 radical (unpaired) electrons. The number of pyridine rings is 1. The summed E-state index contributed by atoms with van der Waals surface area (Å²) in [6, 6.07) is 5.25. The molecular formula is C7H9BrCl2N2O2. The number of hydrogen-bond acceptors (Lipinski definition) is 3. The Morgan fingerprint density at radius 2 is 2.14 bits per heavy atom. The molecule has 80 valence electrons. The van der Waals surface area contributed by atoms with Gasteiger partial charge in [-0.25, -0.2) is 4.98 Å². The fourth-order valence-electron chi connectivity index (χ4n) is 0.673. The lowest BCUT2D eigenvalue weighted by atomic mass is 10.4. The van der Waals surface area contributed by atoms with Crippen molar-refractivity contribution in [3.63, 3.8) is 0 Å². The molecule has 0 spiro atoms. The summed E-state index contributed by atoms with van der Waals surface area (Å²) >= 11 is 3.17. The van der Waals surface area contributed by atoms with Crippen molar-refractivity contribution in [3.05, 3.63) is 22.8 Å². The Morgan fingerprint density at radius 3 is 2.64 bits per heavy atom. The number of carboxylic acids is 1. The second-order valence-corrected chi connectivity index (χ2v) is 2.91. The van der Waals surface area contributed by atoms with Crippen molar-refractivity contribution in [1.29, 1.82) is 0 Å². The highest BCUT2D eigenvalue weighted by Crippen LogP contribution is 2.09. The van der Waals surface area contributed by atoms with Crippen LogP contribution in [0.5, 0.6) is 0 Å². The van der Waals surface area contributed by atoms with Crippen LogP contribution in [-0.2, 0) is 4.79 Å². The van der Waals surface area contributed by atoms with Crippen molar-refractivity contribution >= 4 is 52.5 Å². The first kappa shape index (κ1) is 15.9. The summed E-state index contributed by atoms with van der Waals surface area (Å²) in [5.41, 5.74) is 0. The first-order valence-corrected chi connectivity index (χ1v) is 4.06. The molecule has 0 saturated carbocycles. The SMILES string of the molecule is Cl.Cl.O=C(O)CNc1cccc(Br)n1. The number of nitrogens with zero attached hydrogens (tertiary/aromatic N) is 1. The van der Waals surface area contributed by atoms with Gasteiger partial charge in [-0.05, 0) is 28.1 Å². The predicted octanol–water partition coefficient (Wildman–Crippen LogP) is 2.18. The quantitative estimate of drug-likeness (QED) is 0.840. The Morgan fingerprint density at radius 1 is 1.50 bits per heavy atom. The minimum Gasteiger partial charge on any atom is -0.480 e. The van der Waals surface area contributed by atoms with E-state index < -0.39 is 5.97 Å². The van der Waals surface area contributed by atoms with E-state index in [2.05, 4.69) is 26.2 Å². The van der Waals surface area contributed by atoms with E-state index in [1.807, 2.05) is 0 Å². The van der Waals surface area contributed by atoms with Crippen LogP contribution >= 0.6 is 40.7 Å². The second kappa shape index (κ2) is 7.84. The van der Waals surface area contributed by atoms with Gasteiger partial charge in [-0.15, -0.1) is 24.8 Å². The summed E-state index contributed by atoms with van der Waals surface area (Å²) in [4.78, 5) is 14.1. The van der Waals surface area contributed by atoms with Crippen LogP contribution in [0.4, 0.5) is 5.82 Å². The maximum absolute atomic E-state index is 10.2. The molecule has 0 aliphatic rings. The van der Waals surface area contributed by atoms with Gasteiger partial charge in [-0.3, -0.25) is 4.79 Å². The number of hydrogen-bond donors (Lipinski definition) is 2. The highest BCUT2D eigenvalue weighted by Gasteiger charge is 1.97. The van der Waals surface area contributed by atoms with Crippen LogP contribution in [-0.4, -0.2) is 22.6 Å². The number of anilines is 1. The Labute approximate surface area is 102 Å². The number of nitrogens with one attached hydrogen (secondary N) is 1. The number of carbonyl (C=O) groups is 1. The molecule has 1 aromatic heterocycles. The van der Waals surface area contributed by atoms with Crippen molar-refractivity contribution in [2.45, 2.75) is 0 Å². The number of aromatic nitrogens is 1. The van der Waals surface area contributed by atoms with Crippen LogP contribution in [0.1, 0.15) is 0 Å². The topological polar surface area (TPSA) is 62.2 Å². The normalized spacial score (nSPS) is 8.07. The third-order valence-electron chi connectivity index (χ3n) is 1.14. The number of halogens is 3. The van der Waals surface area contributed by atoms with E-state index in [1.54, 1.807) is 18.2 Å². The van der Waals surface area contributed by atoms with Gasteiger partial charge in [-0.1, -0.05) is 6.07 Å². The lowest BCUT2D eigenvalue weighted by Gasteiger charge is -2.01. The molecule has 0 fully saturated rings. The monoisotopic (exact) mass is 302 g/mol. The molecule has 0 aromatic carbocycles. The summed E-state index contributed by atoms with van der Waals surface area (Å²) in [6.07, 6.45) is 0. The molecule has 7 heteroatoms. The van der Waals surface area contributed by atoms with Gasteiger partial charge in [0.05, 0.1) is 0 Å². The van der Waals surface area contributed by atoms with Crippen LogP contribution < -0.4 is 5.32 Å². The molecule has 1 rings (SSSR count). The van der Waals surface area contributed by atoms with Gasteiger partial charge in [0.15, 0.2) is 0 Å². The molecular weight excluding hydrogens is 295 g/mol. The van der Waals surface area contributed by atoms with Crippen LogP contribution in [0.25, 0.3) is 0 Å². The fraction of sp³-hybridized carbons (Fsp3) is 0.143. The molecule has 1 heterocycles. The highest BCUT2D eigenvalue weighted by molar-refractivity contribution is 9.10. The molecule has 4 nitrogen and oxygen atoms in total. The van der Waals surface area contributed by atoms with Crippen LogP contribution in [0.2, 0.25) is 0 Å². The average molecular weight is 304 g/mol. The summed E-state index contributed by atoms with van der Waals surface area (Å²) in [7, 11) is 0. The smallest absolute Gasteiger partial charge is 0.322 e. The van der Waals surface area contributed by atoms with Crippen LogP contribution in [0.3, 0.4) is 0 Å². The Balaban J connectivity index is 0. The molecule has 1 aromatic rings. The number of aliphatic carboxylic acids is 1. The molecule has 0 bridgehead atoms. The number of carboxylic acid groups (broad SMARTS) is 1. The van der Waals surface area contributed by atoms with Crippen molar-refractivity contribution < 1.29 is 9.90 Å². The van der Waals surface area contributed by atoms with E-state index in [4.69, 9.17) is 5.11 Å². The van der Waals surface area contributed by atoms with E-state index in [1.165, 1.54) is 0 Å². The van der Waals surface area contributed by atoms with Gasteiger partial charge in [0.2, 0.25) is 0 Å². The highest BCUT2D eigenvalue weighted by atomic mass is 79.9. The van der Waals surface area contributed by atoms with Gasteiger partial charge in [0, 0.05) is 0 Å².